The molecule has 1 rings (SSSR count). The number of aliphatic hydroxyl groups is 1. The van der Waals surface area contributed by atoms with E-state index in [0.29, 0.717) is 6.42 Å². The van der Waals surface area contributed by atoms with Crippen LogP contribution in [0.3, 0.4) is 0 Å². The lowest BCUT2D eigenvalue weighted by Crippen LogP contribution is -2.63. The van der Waals surface area contributed by atoms with E-state index in [1.165, 1.54) is 0 Å². The number of nitrogens with one attached hydrogen (secondary N) is 1. The van der Waals surface area contributed by atoms with E-state index >= 15 is 0 Å². The van der Waals surface area contributed by atoms with Crippen molar-refractivity contribution in [3.8, 4) is 0 Å². The molecule has 6 heteroatoms. The summed E-state index contributed by atoms with van der Waals surface area (Å²) in [5, 5.41) is 20.7. The van der Waals surface area contributed by atoms with Gasteiger partial charge in [0.25, 0.3) is 0 Å². The number of aliphatic hydroxyl groups excluding tert-OH is 1. The van der Waals surface area contributed by atoms with E-state index in [-0.39, 0.29) is 30.2 Å². The van der Waals surface area contributed by atoms with Crippen LogP contribution in [-0.4, -0.2) is 40.3 Å². The summed E-state index contributed by atoms with van der Waals surface area (Å²) in [6, 6.07) is -0.902. The standard InChI is InChI=1S/C11H20N2O4/c1-11(2)7(5-8(11)14)13-10(17)6(12)3-4-9(15)16/h6-8,14H,3-5,12H2,1-2H3,(H,13,17)(H,15,16). The minimum absolute atomic E-state index is 0.0964. The van der Waals surface area contributed by atoms with E-state index in [0.717, 1.165) is 0 Å². The maximum absolute atomic E-state index is 11.6. The SMILES string of the molecule is CC1(C)C(O)CC1NC(=O)C(N)CCC(=O)O. The van der Waals surface area contributed by atoms with Crippen LogP contribution in [-0.2, 0) is 9.59 Å². The van der Waals surface area contributed by atoms with Gasteiger partial charge in [-0.3, -0.25) is 9.59 Å². The van der Waals surface area contributed by atoms with Crippen molar-refractivity contribution in [2.75, 3.05) is 0 Å². The van der Waals surface area contributed by atoms with Crippen molar-refractivity contribution in [1.82, 2.24) is 5.32 Å². The summed E-state index contributed by atoms with van der Waals surface area (Å²) in [5.41, 5.74) is 5.23. The zero-order chi connectivity index (χ0) is 13.2. The number of carboxylic acids is 1. The highest BCUT2D eigenvalue weighted by molar-refractivity contribution is 5.82. The molecule has 1 fully saturated rings. The second kappa shape index (κ2) is 5.01. The van der Waals surface area contributed by atoms with Gasteiger partial charge in [-0.1, -0.05) is 13.8 Å². The number of carbonyl (C=O) groups is 2. The largest absolute Gasteiger partial charge is 0.481 e. The highest BCUT2D eigenvalue weighted by atomic mass is 16.4. The molecule has 0 aromatic rings. The molecular weight excluding hydrogens is 224 g/mol. The van der Waals surface area contributed by atoms with Gasteiger partial charge in [0.05, 0.1) is 12.1 Å². The van der Waals surface area contributed by atoms with Gasteiger partial charge in [0.2, 0.25) is 5.91 Å². The fourth-order valence-corrected chi connectivity index (χ4v) is 1.84. The first kappa shape index (κ1) is 13.9. The molecule has 0 radical (unpaired) electrons. The second-order valence-corrected chi connectivity index (χ2v) is 5.17. The molecule has 17 heavy (non-hydrogen) atoms. The summed E-state index contributed by atoms with van der Waals surface area (Å²) in [5.74, 6) is -1.32. The van der Waals surface area contributed by atoms with Crippen molar-refractivity contribution in [1.29, 1.82) is 0 Å². The average Bonchev–Trinajstić information content (AvgIpc) is 2.25. The first-order valence-corrected chi connectivity index (χ1v) is 5.71. The van der Waals surface area contributed by atoms with Crippen LogP contribution in [0.15, 0.2) is 0 Å². The maximum Gasteiger partial charge on any atom is 0.303 e. The van der Waals surface area contributed by atoms with Crippen molar-refractivity contribution >= 4 is 11.9 Å². The van der Waals surface area contributed by atoms with Gasteiger partial charge < -0.3 is 21.3 Å². The number of nitrogens with two attached hydrogens (primary N) is 1. The minimum Gasteiger partial charge on any atom is -0.481 e. The molecule has 0 saturated heterocycles. The first-order chi connectivity index (χ1) is 7.75. The normalized spacial score (nSPS) is 28.0. The Bertz CT molecular complexity index is 317. The Hall–Kier alpha value is -1.14. The number of amides is 1. The lowest BCUT2D eigenvalue weighted by atomic mass is 9.64. The molecule has 1 amide bonds. The molecule has 3 atom stereocenters. The number of aliphatic carboxylic acids is 1. The fourth-order valence-electron chi connectivity index (χ4n) is 1.84. The number of hydrogen-bond donors (Lipinski definition) is 4. The molecule has 1 aliphatic rings. The molecule has 3 unspecified atom stereocenters. The first-order valence-electron chi connectivity index (χ1n) is 5.71. The molecule has 6 nitrogen and oxygen atoms in total. The van der Waals surface area contributed by atoms with Crippen molar-refractivity contribution in [3.63, 3.8) is 0 Å². The Morgan fingerprint density at radius 3 is 2.53 bits per heavy atom. The van der Waals surface area contributed by atoms with Gasteiger partial charge in [0, 0.05) is 17.9 Å². The zero-order valence-corrected chi connectivity index (χ0v) is 10.1. The number of carboxylic acid groups (broad SMARTS) is 1. The Labute approximate surface area is 100 Å². The molecule has 0 spiro atoms. The van der Waals surface area contributed by atoms with Crippen LogP contribution in [0.1, 0.15) is 33.1 Å². The zero-order valence-electron chi connectivity index (χ0n) is 10.1. The minimum atomic E-state index is -0.965. The quantitative estimate of drug-likeness (QED) is 0.518. The van der Waals surface area contributed by atoms with E-state index in [4.69, 9.17) is 10.8 Å². The average molecular weight is 244 g/mol. The lowest BCUT2D eigenvalue weighted by molar-refractivity contribution is -0.137. The molecule has 1 aliphatic carbocycles. The Balaban J connectivity index is 2.37. The van der Waals surface area contributed by atoms with Gasteiger partial charge in [-0.25, -0.2) is 0 Å². The van der Waals surface area contributed by atoms with Crippen molar-refractivity contribution in [2.45, 2.75) is 51.3 Å². The van der Waals surface area contributed by atoms with Crippen LogP contribution >= 0.6 is 0 Å². The van der Waals surface area contributed by atoms with Gasteiger partial charge in [-0.2, -0.15) is 0 Å². The number of hydrogen-bond acceptors (Lipinski definition) is 4. The van der Waals surface area contributed by atoms with E-state index in [1.54, 1.807) is 0 Å². The molecule has 0 heterocycles. The van der Waals surface area contributed by atoms with Crippen LogP contribution in [0, 0.1) is 5.41 Å². The van der Waals surface area contributed by atoms with Gasteiger partial charge in [-0.05, 0) is 12.8 Å². The predicted octanol–water partition coefficient (Wildman–Crippen LogP) is -0.546. The Morgan fingerprint density at radius 1 is 1.53 bits per heavy atom. The third kappa shape index (κ3) is 3.17. The third-order valence-electron chi connectivity index (χ3n) is 3.54. The summed E-state index contributed by atoms with van der Waals surface area (Å²) in [7, 11) is 0. The molecule has 0 aromatic heterocycles. The molecule has 98 valence electrons. The smallest absolute Gasteiger partial charge is 0.303 e. The van der Waals surface area contributed by atoms with Crippen LogP contribution in [0.4, 0.5) is 0 Å². The fraction of sp³-hybridized carbons (Fsp3) is 0.818. The molecule has 0 aromatic carbocycles. The van der Waals surface area contributed by atoms with Gasteiger partial charge in [0.1, 0.15) is 0 Å². The van der Waals surface area contributed by atoms with Crippen LogP contribution in [0.5, 0.6) is 0 Å². The van der Waals surface area contributed by atoms with Crippen LogP contribution in [0.25, 0.3) is 0 Å². The third-order valence-corrected chi connectivity index (χ3v) is 3.54. The molecule has 0 bridgehead atoms. The van der Waals surface area contributed by atoms with E-state index in [2.05, 4.69) is 5.32 Å². The molecule has 5 N–H and O–H groups in total. The molecular formula is C11H20N2O4. The molecule has 0 aliphatic heterocycles. The summed E-state index contributed by atoms with van der Waals surface area (Å²) in [4.78, 5) is 22.0. The molecule has 1 saturated carbocycles. The predicted molar refractivity (Wildman–Crippen MR) is 61.2 cm³/mol. The summed E-state index contributed by atoms with van der Waals surface area (Å²) in [6.45, 7) is 3.74. The summed E-state index contributed by atoms with van der Waals surface area (Å²) < 4.78 is 0. The second-order valence-electron chi connectivity index (χ2n) is 5.17. The lowest BCUT2D eigenvalue weighted by Gasteiger charge is -2.49. The van der Waals surface area contributed by atoms with Crippen molar-refractivity contribution < 1.29 is 19.8 Å². The monoisotopic (exact) mass is 244 g/mol. The Morgan fingerprint density at radius 2 is 2.12 bits per heavy atom. The van der Waals surface area contributed by atoms with Gasteiger partial charge in [-0.15, -0.1) is 0 Å². The number of rotatable bonds is 5. The van der Waals surface area contributed by atoms with E-state index in [9.17, 15) is 14.7 Å². The van der Waals surface area contributed by atoms with E-state index < -0.39 is 18.1 Å². The maximum atomic E-state index is 11.6. The van der Waals surface area contributed by atoms with Gasteiger partial charge >= 0.3 is 5.97 Å². The van der Waals surface area contributed by atoms with Crippen LogP contribution < -0.4 is 11.1 Å². The van der Waals surface area contributed by atoms with Crippen LogP contribution in [0.2, 0.25) is 0 Å². The van der Waals surface area contributed by atoms with Crippen molar-refractivity contribution in [3.05, 3.63) is 0 Å². The summed E-state index contributed by atoms with van der Waals surface area (Å²) >= 11 is 0. The van der Waals surface area contributed by atoms with Gasteiger partial charge in [0.15, 0.2) is 0 Å². The Kier molecular flexibility index (Phi) is 4.11. The highest BCUT2D eigenvalue weighted by Gasteiger charge is 2.48. The highest BCUT2D eigenvalue weighted by Crippen LogP contribution is 2.40. The number of carbonyl (C=O) groups excluding carboxylic acids is 1. The summed E-state index contributed by atoms with van der Waals surface area (Å²) in [6.07, 6.45) is 0.107. The van der Waals surface area contributed by atoms with Crippen molar-refractivity contribution in [2.24, 2.45) is 11.1 Å². The van der Waals surface area contributed by atoms with E-state index in [1.807, 2.05) is 13.8 Å². The topological polar surface area (TPSA) is 113 Å².